The van der Waals surface area contributed by atoms with Crippen LogP contribution in [-0.4, -0.2) is 236 Å². The number of aliphatic hydroxyl groups excluding tert-OH is 1. The van der Waals surface area contributed by atoms with Gasteiger partial charge >= 0.3 is 23.1 Å². The van der Waals surface area contributed by atoms with E-state index >= 15 is 0 Å². The van der Waals surface area contributed by atoms with Crippen LogP contribution in [0.1, 0.15) is 40.7 Å². The molecule has 27 radical (unpaired) electrons. The number of benzene rings is 2. The van der Waals surface area contributed by atoms with E-state index in [1.807, 2.05) is 78.9 Å². The van der Waals surface area contributed by atoms with Crippen molar-refractivity contribution in [3.63, 3.8) is 0 Å². The number of halogens is 1. The van der Waals surface area contributed by atoms with Gasteiger partial charge in [0.1, 0.15) is 11.8 Å². The van der Waals surface area contributed by atoms with Gasteiger partial charge in [-0.25, -0.2) is 0 Å². The van der Waals surface area contributed by atoms with Crippen molar-refractivity contribution < 1.29 is 31.6 Å². The van der Waals surface area contributed by atoms with Crippen LogP contribution >= 0.6 is 0 Å². The zero-order valence-corrected chi connectivity index (χ0v) is 37.1. The van der Waals surface area contributed by atoms with Crippen molar-refractivity contribution in [1.29, 1.82) is 0 Å². The van der Waals surface area contributed by atoms with Gasteiger partial charge in [-0.2, -0.15) is 36.4 Å². The third-order valence-corrected chi connectivity index (χ3v) is 8.99. The molecule has 0 amide bonds. The number of hydrogen-bond acceptors (Lipinski definition) is 5. The Morgan fingerprint density at radius 1 is 0.617 bits per heavy atom. The van der Waals surface area contributed by atoms with Crippen molar-refractivity contribution >= 4 is 207 Å². The molecule has 1 atom stereocenters. The summed E-state index contributed by atoms with van der Waals surface area (Å²) >= 11 is 0. The van der Waals surface area contributed by atoms with Crippen molar-refractivity contribution in [2.24, 2.45) is 0 Å². The fraction of sp³-hybridized carbons (Fsp3) is 0.179. The summed E-state index contributed by atoms with van der Waals surface area (Å²) in [6.07, 6.45) is -3.27. The van der Waals surface area contributed by atoms with Crippen LogP contribution in [0, 0.1) is 6.07 Å². The van der Waals surface area contributed by atoms with Gasteiger partial charge in [-0.05, 0) is 42.7 Å². The van der Waals surface area contributed by atoms with Gasteiger partial charge in [0.2, 0.25) is 0 Å². The van der Waals surface area contributed by atoms with Crippen LogP contribution in [-0.2, 0) is 4.74 Å². The largest absolute Gasteiger partial charge is 2.00 e. The summed E-state index contributed by atoms with van der Waals surface area (Å²) in [6.45, 7) is 2.00. The Labute approximate surface area is 410 Å². The summed E-state index contributed by atoms with van der Waals surface area (Å²) in [5.41, 5.74) is 2.03. The van der Waals surface area contributed by atoms with Crippen LogP contribution in [0.3, 0.4) is 0 Å². The van der Waals surface area contributed by atoms with E-state index in [2.05, 4.69) is 16.0 Å². The van der Waals surface area contributed by atoms with Crippen LogP contribution in [0.5, 0.6) is 0 Å². The second-order valence-electron chi connectivity index (χ2n) is 13.4. The summed E-state index contributed by atoms with van der Waals surface area (Å²) in [5.74, 6) is 0. The number of aldehydes is 1. The summed E-state index contributed by atoms with van der Waals surface area (Å²) in [4.78, 5) is 17.8. The third-order valence-electron chi connectivity index (χ3n) is 8.99. The van der Waals surface area contributed by atoms with Crippen LogP contribution in [0.15, 0.2) is 109 Å². The van der Waals surface area contributed by atoms with E-state index in [0.29, 0.717) is 11.4 Å². The molecule has 1 aliphatic rings. The maximum atomic E-state index is 9.94. The van der Waals surface area contributed by atoms with Gasteiger partial charge < -0.3 is 26.8 Å². The molecule has 4 aromatic rings. The third kappa shape index (κ3) is 24.3. The molecule has 1 N–H and O–H groups in total. The minimum absolute atomic E-state index is 0. The molecule has 253 valence electrons. The molecule has 0 aliphatic carbocycles. The predicted octanol–water partition coefficient (Wildman–Crippen LogP) is -7.56. The number of aliphatic hydroxyl groups is 1. The van der Waals surface area contributed by atoms with E-state index < -0.39 is 76.3 Å². The quantitative estimate of drug-likeness (QED) is 0.0780. The summed E-state index contributed by atoms with van der Waals surface area (Å²) in [6, 6.07) is 32.7. The zero-order valence-electron chi connectivity index (χ0n) is 34.1. The first-order valence-electron chi connectivity index (χ1n) is 18.8. The average Bonchev–Trinajstić information content (AvgIpc) is 3.82. The van der Waals surface area contributed by atoms with Gasteiger partial charge in [-0.15, -0.1) is 0 Å². The molecule has 1 saturated heterocycles. The molecule has 2 aromatic carbocycles. The molecule has 0 spiro atoms. The zero-order chi connectivity index (χ0) is 43.5. The second-order valence-corrected chi connectivity index (χ2v) is 13.4. The van der Waals surface area contributed by atoms with E-state index in [-0.39, 0.29) is 40.0 Å². The van der Waals surface area contributed by atoms with Crippen molar-refractivity contribution in [2.45, 2.75) is 18.9 Å². The number of carbonyl (C=O) groups excluding carboxylic acids is 1. The maximum absolute atomic E-state index is 9.94. The SMILES string of the molecule is C1CCOC1.O=Cc1ccccn1.OC(c1ccccc1)c1ccccn1.[B][B]B(B([B])[B])B(B([B])[B])B(B(B([B])[B])B([B])[B])B(B([B])[B])B([B])[B].[Br-].[Mg+2].[c-]1ccccc1. The van der Waals surface area contributed by atoms with Gasteiger partial charge in [-0.3, -0.25) is 14.8 Å². The van der Waals surface area contributed by atoms with E-state index in [1.165, 1.54) is 19.9 Å². The van der Waals surface area contributed by atoms with Crippen LogP contribution in [0.4, 0.5) is 0 Å². The van der Waals surface area contributed by atoms with Crippen LogP contribution in [0.25, 0.3) is 0 Å². The topological polar surface area (TPSA) is 72.3 Å². The number of aromatic nitrogens is 2. The normalized spacial score (nSPS) is 10.7. The molecular weight excluding hydrogens is 787 g/mol. The molecule has 1 unspecified atom stereocenters. The van der Waals surface area contributed by atoms with E-state index in [1.54, 1.807) is 30.6 Å². The Hall–Kier alpha value is -0.800. The fourth-order valence-electron chi connectivity index (χ4n) is 6.23. The fourth-order valence-corrected chi connectivity index (χ4v) is 6.23. The molecule has 32 heteroatoms. The number of ether oxygens (including phenoxy) is 1. The van der Waals surface area contributed by atoms with Crippen molar-refractivity contribution in [2.75, 3.05) is 13.2 Å². The van der Waals surface area contributed by atoms with Gasteiger partial charge in [0.15, 0.2) is 6.29 Å². The minimum atomic E-state index is -0.960. The van der Waals surface area contributed by atoms with Crippen molar-refractivity contribution in [1.82, 2.24) is 9.97 Å². The van der Waals surface area contributed by atoms with E-state index in [4.69, 9.17) is 105 Å². The summed E-state index contributed by atoms with van der Waals surface area (Å²) < 4.78 is 4.94. The average molecular weight is 816 g/mol. The van der Waals surface area contributed by atoms with Crippen LogP contribution < -0.4 is 17.0 Å². The molecule has 5 nitrogen and oxygen atoms in total. The Morgan fingerprint density at radius 3 is 1.35 bits per heavy atom. The van der Waals surface area contributed by atoms with Gasteiger partial charge in [0, 0.05) is 203 Å². The summed E-state index contributed by atoms with van der Waals surface area (Å²) in [7, 11) is 77.9. The standard InChI is InChI=1S/C12H11NO.C6H5NO.C6H5.C4H8O.B25.BrH.Mg/c14-12(10-6-2-1-3-7-10)11-8-4-5-9-13-11;8-5-6-3-1-2-4-7-6;1-2-4-6-5-3-1;1-2-4-5-3-1;1-14-21(15(2)3)24(20(12)13)25(22(16(4)5)17(6)7)23(18(8)9)19(10)11;;/h1-9,12,14H;1-5H;1-5H;1-4H2;;1H;/q;;-1;;;;+2/p-1. The van der Waals surface area contributed by atoms with Gasteiger partial charge in [0.05, 0.1) is 5.69 Å². The second kappa shape index (κ2) is 36.5. The number of nitrogens with zero attached hydrogens (tertiary/aromatic N) is 2. The number of carbonyl (C=O) groups is 1. The predicted molar refractivity (Wildman–Crippen MR) is 279 cm³/mol. The Morgan fingerprint density at radius 2 is 1.07 bits per heavy atom. The first-order chi connectivity index (χ1) is 27.7. The molecule has 0 saturated carbocycles. The Kier molecular flexibility index (Phi) is 37.3. The first-order valence-corrected chi connectivity index (χ1v) is 18.8. The monoisotopic (exact) mass is 819 g/mol. The van der Waals surface area contributed by atoms with E-state index in [9.17, 15) is 9.90 Å². The van der Waals surface area contributed by atoms with Gasteiger partial charge in [0.25, 0.3) is 0 Å². The van der Waals surface area contributed by atoms with Gasteiger partial charge in [-0.1, -0.05) is 42.5 Å². The number of hydrogen-bond donors (Lipinski definition) is 1. The molecule has 3 heterocycles. The van der Waals surface area contributed by atoms with E-state index in [0.717, 1.165) is 25.1 Å². The van der Waals surface area contributed by atoms with Crippen molar-refractivity contribution in [3.8, 4) is 0 Å². The van der Waals surface area contributed by atoms with Crippen LogP contribution in [0.2, 0.25) is 0 Å². The first kappa shape index (κ1) is 61.3. The minimum Gasteiger partial charge on any atom is -1.00 e. The molecular formula is C28H29B25BrMgN2O3. The smallest absolute Gasteiger partial charge is 1.00 e. The number of pyridine rings is 2. The molecule has 60 heavy (non-hydrogen) atoms. The Balaban J connectivity index is 0. The molecule has 0 bridgehead atoms. The van der Waals surface area contributed by atoms with Crippen molar-refractivity contribution in [3.05, 3.63) is 132 Å². The summed E-state index contributed by atoms with van der Waals surface area (Å²) in [5, 5.41) is 9.93. The molecule has 2 aromatic heterocycles. The maximum Gasteiger partial charge on any atom is 2.00 e. The molecule has 5 rings (SSSR count). The molecule has 1 fully saturated rings. The molecule has 1 aliphatic heterocycles. The Bertz CT molecular complexity index is 1460. The number of rotatable bonds is 14.